The summed E-state index contributed by atoms with van der Waals surface area (Å²) in [7, 11) is 0. The van der Waals surface area contributed by atoms with E-state index in [9.17, 15) is 4.79 Å². The molecule has 1 aliphatic heterocycles. The molecule has 2 nitrogen and oxygen atoms in total. The Bertz CT molecular complexity index is 400. The summed E-state index contributed by atoms with van der Waals surface area (Å²) in [6, 6.07) is 9.78. The Labute approximate surface area is 106 Å². The molecule has 90 valence electrons. The van der Waals surface area contributed by atoms with E-state index in [2.05, 4.69) is 19.1 Å². The Morgan fingerprint density at radius 1 is 1.41 bits per heavy atom. The van der Waals surface area contributed by atoms with E-state index in [0.29, 0.717) is 6.61 Å². The molecule has 0 amide bonds. The lowest BCUT2D eigenvalue weighted by Crippen LogP contribution is -2.28. The summed E-state index contributed by atoms with van der Waals surface area (Å²) in [5.41, 5.74) is 1.03. The molecule has 0 saturated carbocycles. The van der Waals surface area contributed by atoms with Gasteiger partial charge < -0.3 is 4.74 Å². The molecule has 0 fully saturated rings. The molecule has 0 spiro atoms. The fraction of sp³-hybridized carbons (Fsp3) is 0.357. The number of carbonyl (C=O) groups excluding carboxylic acids is 1. The lowest BCUT2D eigenvalue weighted by Gasteiger charge is -2.22. The summed E-state index contributed by atoms with van der Waals surface area (Å²) in [5.74, 6) is 1.06. The van der Waals surface area contributed by atoms with Crippen molar-refractivity contribution in [3.8, 4) is 0 Å². The van der Waals surface area contributed by atoms with Crippen LogP contribution in [0.3, 0.4) is 0 Å². The Balaban J connectivity index is 1.87. The van der Waals surface area contributed by atoms with Crippen LogP contribution in [0.5, 0.6) is 0 Å². The molecule has 17 heavy (non-hydrogen) atoms. The maximum atomic E-state index is 11.9. The zero-order valence-corrected chi connectivity index (χ0v) is 10.7. The molecule has 2 atom stereocenters. The van der Waals surface area contributed by atoms with E-state index in [4.69, 9.17) is 4.74 Å². The van der Waals surface area contributed by atoms with Crippen LogP contribution in [-0.2, 0) is 16.1 Å². The van der Waals surface area contributed by atoms with Gasteiger partial charge in [0.15, 0.2) is 0 Å². The second kappa shape index (κ2) is 5.92. The maximum Gasteiger partial charge on any atom is 0.319 e. The number of carbonyl (C=O) groups is 1. The van der Waals surface area contributed by atoms with E-state index in [1.165, 1.54) is 0 Å². The maximum absolute atomic E-state index is 11.9. The van der Waals surface area contributed by atoms with Crippen molar-refractivity contribution in [2.75, 3.05) is 5.75 Å². The molecule has 1 heterocycles. The fourth-order valence-electron chi connectivity index (χ4n) is 1.78. The minimum absolute atomic E-state index is 0.0521. The van der Waals surface area contributed by atoms with Gasteiger partial charge in [0.1, 0.15) is 11.9 Å². The zero-order chi connectivity index (χ0) is 12.1. The first kappa shape index (κ1) is 12.2. The van der Waals surface area contributed by atoms with Gasteiger partial charge in [-0.25, -0.2) is 0 Å². The van der Waals surface area contributed by atoms with Crippen LogP contribution in [-0.4, -0.2) is 17.0 Å². The first-order chi connectivity index (χ1) is 8.27. The van der Waals surface area contributed by atoms with Crippen molar-refractivity contribution in [3.05, 3.63) is 48.0 Å². The van der Waals surface area contributed by atoms with Crippen molar-refractivity contribution in [1.29, 1.82) is 0 Å². The van der Waals surface area contributed by atoms with Gasteiger partial charge in [-0.15, -0.1) is 11.8 Å². The predicted octanol–water partition coefficient (Wildman–Crippen LogP) is 3.04. The minimum Gasteiger partial charge on any atom is -0.460 e. The van der Waals surface area contributed by atoms with Crippen LogP contribution in [0, 0.1) is 5.92 Å². The largest absolute Gasteiger partial charge is 0.460 e. The molecule has 0 saturated heterocycles. The molecule has 1 aliphatic rings. The van der Waals surface area contributed by atoms with Crippen molar-refractivity contribution in [2.45, 2.75) is 18.8 Å². The third-order valence-corrected chi connectivity index (χ3v) is 4.11. The highest BCUT2D eigenvalue weighted by Gasteiger charge is 2.27. The van der Waals surface area contributed by atoms with Crippen LogP contribution in [0.1, 0.15) is 12.5 Å². The number of hydrogen-bond acceptors (Lipinski definition) is 3. The fourth-order valence-corrected chi connectivity index (χ4v) is 2.80. The molecule has 3 heteroatoms. The quantitative estimate of drug-likeness (QED) is 0.607. The Hall–Kier alpha value is -1.22. The van der Waals surface area contributed by atoms with Crippen molar-refractivity contribution in [2.24, 2.45) is 5.92 Å². The van der Waals surface area contributed by atoms with E-state index >= 15 is 0 Å². The molecule has 1 aromatic carbocycles. The number of esters is 1. The van der Waals surface area contributed by atoms with Crippen LogP contribution in [0.2, 0.25) is 0 Å². The van der Waals surface area contributed by atoms with Gasteiger partial charge >= 0.3 is 5.97 Å². The lowest BCUT2D eigenvalue weighted by molar-refractivity contribution is -0.144. The van der Waals surface area contributed by atoms with Gasteiger partial charge in [-0.3, -0.25) is 4.79 Å². The summed E-state index contributed by atoms with van der Waals surface area (Å²) in [6.07, 6.45) is 4.20. The Morgan fingerprint density at radius 2 is 2.18 bits per heavy atom. The molecule has 0 bridgehead atoms. The monoisotopic (exact) mass is 248 g/mol. The summed E-state index contributed by atoms with van der Waals surface area (Å²) in [5, 5.41) is -0.0521. The van der Waals surface area contributed by atoms with E-state index in [-0.39, 0.29) is 17.1 Å². The highest BCUT2D eigenvalue weighted by molar-refractivity contribution is 8.00. The zero-order valence-electron chi connectivity index (χ0n) is 9.84. The van der Waals surface area contributed by atoms with Gasteiger partial charge in [0.25, 0.3) is 0 Å². The molecule has 0 aromatic heterocycles. The SMILES string of the molecule is C[C@@H]1C=CCS[C@@H]1C(=O)OCc1ccccc1. The summed E-state index contributed by atoms with van der Waals surface area (Å²) in [6.45, 7) is 2.42. The second-order valence-corrected chi connectivity index (χ2v) is 5.31. The normalized spacial score (nSPS) is 23.4. The minimum atomic E-state index is -0.101. The van der Waals surface area contributed by atoms with E-state index < -0.39 is 0 Å². The van der Waals surface area contributed by atoms with Crippen LogP contribution >= 0.6 is 11.8 Å². The molecule has 0 unspecified atom stereocenters. The van der Waals surface area contributed by atoms with Crippen LogP contribution < -0.4 is 0 Å². The first-order valence-corrected chi connectivity index (χ1v) is 6.81. The van der Waals surface area contributed by atoms with Crippen LogP contribution in [0.4, 0.5) is 0 Å². The number of allylic oxidation sites excluding steroid dienone is 1. The van der Waals surface area contributed by atoms with Gasteiger partial charge in [-0.05, 0) is 11.5 Å². The molecule has 0 N–H and O–H groups in total. The van der Waals surface area contributed by atoms with E-state index in [1.807, 2.05) is 30.3 Å². The van der Waals surface area contributed by atoms with Crippen LogP contribution in [0.25, 0.3) is 0 Å². The molecular formula is C14H16O2S. The molecule has 0 aliphatic carbocycles. The van der Waals surface area contributed by atoms with Crippen LogP contribution in [0.15, 0.2) is 42.5 Å². The summed E-state index contributed by atoms with van der Waals surface area (Å²) >= 11 is 1.65. The lowest BCUT2D eigenvalue weighted by atomic mass is 10.1. The summed E-state index contributed by atoms with van der Waals surface area (Å²) in [4.78, 5) is 11.9. The van der Waals surface area contributed by atoms with Gasteiger partial charge in [-0.1, -0.05) is 49.4 Å². The van der Waals surface area contributed by atoms with Crippen molar-refractivity contribution in [1.82, 2.24) is 0 Å². The smallest absolute Gasteiger partial charge is 0.319 e. The molecular weight excluding hydrogens is 232 g/mol. The van der Waals surface area contributed by atoms with Crippen molar-refractivity contribution >= 4 is 17.7 Å². The summed E-state index contributed by atoms with van der Waals surface area (Å²) < 4.78 is 5.34. The third kappa shape index (κ3) is 3.37. The van der Waals surface area contributed by atoms with Gasteiger partial charge in [0.2, 0.25) is 0 Å². The third-order valence-electron chi connectivity index (χ3n) is 2.75. The van der Waals surface area contributed by atoms with Crippen molar-refractivity contribution < 1.29 is 9.53 Å². The Morgan fingerprint density at radius 3 is 2.88 bits per heavy atom. The highest BCUT2D eigenvalue weighted by atomic mass is 32.2. The average molecular weight is 248 g/mol. The Kier molecular flexibility index (Phi) is 4.26. The predicted molar refractivity (Wildman–Crippen MR) is 70.8 cm³/mol. The average Bonchev–Trinajstić information content (AvgIpc) is 2.38. The van der Waals surface area contributed by atoms with E-state index in [0.717, 1.165) is 11.3 Å². The standard InChI is InChI=1S/C14H16O2S/c1-11-6-5-9-17-13(11)14(15)16-10-12-7-3-2-4-8-12/h2-8,11,13H,9-10H2,1H3/t11-,13+/m1/s1. The van der Waals surface area contributed by atoms with E-state index in [1.54, 1.807) is 11.8 Å². The number of ether oxygens (including phenoxy) is 1. The van der Waals surface area contributed by atoms with Crippen molar-refractivity contribution in [3.63, 3.8) is 0 Å². The molecule has 0 radical (unpaired) electrons. The van der Waals surface area contributed by atoms with Gasteiger partial charge in [-0.2, -0.15) is 0 Å². The molecule has 2 rings (SSSR count). The number of benzene rings is 1. The van der Waals surface area contributed by atoms with Gasteiger partial charge in [0, 0.05) is 5.75 Å². The highest BCUT2D eigenvalue weighted by Crippen LogP contribution is 2.26. The first-order valence-electron chi connectivity index (χ1n) is 5.76. The number of rotatable bonds is 3. The number of thioether (sulfide) groups is 1. The second-order valence-electron chi connectivity index (χ2n) is 4.13. The molecule has 1 aromatic rings. The van der Waals surface area contributed by atoms with Gasteiger partial charge in [0.05, 0.1) is 0 Å². The number of hydrogen-bond donors (Lipinski definition) is 0. The topological polar surface area (TPSA) is 26.3 Å².